The number of aliphatic carboxylic acids is 1. The molecule has 0 unspecified atom stereocenters. The van der Waals surface area contributed by atoms with Crippen LogP contribution in [0.2, 0.25) is 0 Å². The summed E-state index contributed by atoms with van der Waals surface area (Å²) >= 11 is 0. The number of hydrogen-bond acceptors (Lipinski definition) is 1. The lowest BCUT2D eigenvalue weighted by atomic mass is 9.76. The summed E-state index contributed by atoms with van der Waals surface area (Å²) in [5.74, 6) is -0.807. The zero-order valence-electron chi connectivity index (χ0n) is 28.3. The monoisotopic (exact) mass is 584 g/mol. The van der Waals surface area contributed by atoms with Crippen molar-refractivity contribution < 1.29 is 9.90 Å². The van der Waals surface area contributed by atoms with Crippen LogP contribution in [0.15, 0.2) is 11.6 Å². The van der Waals surface area contributed by atoms with Gasteiger partial charge in [0, 0.05) is 5.57 Å². The highest BCUT2D eigenvalue weighted by molar-refractivity contribution is 5.85. The van der Waals surface area contributed by atoms with Crippen LogP contribution in [0.4, 0.5) is 0 Å². The second-order valence-corrected chi connectivity index (χ2v) is 14.8. The van der Waals surface area contributed by atoms with E-state index in [9.17, 15) is 4.79 Å². The zero-order valence-corrected chi connectivity index (χ0v) is 28.3. The lowest BCUT2D eigenvalue weighted by Crippen LogP contribution is -2.17. The molecule has 0 atom stereocenters. The molecule has 42 heavy (non-hydrogen) atoms. The minimum absolute atomic E-state index is 0.0635. The molecule has 0 spiro atoms. The maximum Gasteiger partial charge on any atom is 0.330 e. The summed E-state index contributed by atoms with van der Waals surface area (Å²) in [6.07, 6.45) is 38.6. The molecule has 0 saturated heterocycles. The second kappa shape index (κ2) is 22.7. The van der Waals surface area contributed by atoms with Crippen LogP contribution in [0.25, 0.3) is 0 Å². The first-order chi connectivity index (χ1) is 19.9. The van der Waals surface area contributed by atoms with E-state index in [0.29, 0.717) is 5.57 Å². The smallest absolute Gasteiger partial charge is 0.330 e. The lowest BCUT2D eigenvalue weighted by Gasteiger charge is -2.29. The van der Waals surface area contributed by atoms with E-state index in [0.717, 1.165) is 19.3 Å². The zero-order chi connectivity index (χ0) is 31.2. The van der Waals surface area contributed by atoms with Crippen LogP contribution >= 0.6 is 0 Å². The van der Waals surface area contributed by atoms with Crippen molar-refractivity contribution in [2.45, 2.75) is 187 Å². The van der Waals surface area contributed by atoms with E-state index in [1.54, 1.807) is 6.92 Å². The van der Waals surface area contributed by atoms with E-state index in [-0.39, 0.29) is 16.2 Å². The molecule has 0 heterocycles. The topological polar surface area (TPSA) is 37.3 Å². The lowest BCUT2D eigenvalue weighted by molar-refractivity contribution is -0.132. The van der Waals surface area contributed by atoms with Gasteiger partial charge in [-0.2, -0.15) is 0 Å². The number of carboxylic acids is 1. The average molecular weight is 584 g/mol. The van der Waals surface area contributed by atoms with Crippen LogP contribution in [0.5, 0.6) is 0 Å². The number of rotatable bonds is 3. The van der Waals surface area contributed by atoms with Crippen molar-refractivity contribution in [3.63, 3.8) is 0 Å². The average Bonchev–Trinajstić information content (AvgIpc) is 2.94. The number of carboxylic acid groups (broad SMARTS) is 1. The van der Waals surface area contributed by atoms with E-state index in [2.05, 4.69) is 34.6 Å². The highest BCUT2D eigenvalue weighted by atomic mass is 16.4. The van der Waals surface area contributed by atoms with E-state index >= 15 is 0 Å². The van der Waals surface area contributed by atoms with E-state index < -0.39 is 5.97 Å². The first-order valence-electron chi connectivity index (χ1n) is 18.1. The van der Waals surface area contributed by atoms with Gasteiger partial charge in [0.2, 0.25) is 0 Å². The molecule has 0 amide bonds. The molecule has 0 bridgehead atoms. The van der Waals surface area contributed by atoms with Gasteiger partial charge in [0.1, 0.15) is 0 Å². The minimum atomic E-state index is -0.807. The summed E-state index contributed by atoms with van der Waals surface area (Å²) in [7, 11) is 0. The van der Waals surface area contributed by atoms with Crippen molar-refractivity contribution in [2.75, 3.05) is 0 Å². The molecule has 1 N–H and O–H groups in total. The van der Waals surface area contributed by atoms with Crippen LogP contribution in [-0.2, 0) is 4.79 Å². The fourth-order valence-electron chi connectivity index (χ4n) is 6.69. The molecular formula is C40H71O2. The normalized spacial score (nSPS) is 24.8. The van der Waals surface area contributed by atoms with Crippen LogP contribution in [-0.4, -0.2) is 11.1 Å². The number of hydrogen-bond donors (Lipinski definition) is 1. The summed E-state index contributed by atoms with van der Waals surface area (Å²) < 4.78 is 0. The molecule has 5 radical (unpaired) electrons. The van der Waals surface area contributed by atoms with Crippen molar-refractivity contribution in [3.05, 3.63) is 46.3 Å². The van der Waals surface area contributed by atoms with Crippen LogP contribution in [0.3, 0.4) is 0 Å². The summed E-state index contributed by atoms with van der Waals surface area (Å²) in [6.45, 7) is 22.8. The molecule has 3 aliphatic carbocycles. The Hall–Kier alpha value is -0.790. The Balaban J connectivity index is 0.000000325. The Kier molecular flexibility index (Phi) is 21.2. The first-order valence-corrected chi connectivity index (χ1v) is 18.1. The third-order valence-electron chi connectivity index (χ3n) is 9.92. The fraction of sp³-hybridized carbons (Fsp3) is 0.800. The van der Waals surface area contributed by atoms with E-state index in [1.807, 2.05) is 6.08 Å². The van der Waals surface area contributed by atoms with Gasteiger partial charge < -0.3 is 5.11 Å². The highest BCUT2D eigenvalue weighted by Gasteiger charge is 2.23. The minimum Gasteiger partial charge on any atom is -0.478 e. The highest BCUT2D eigenvalue weighted by Crippen LogP contribution is 2.36. The van der Waals surface area contributed by atoms with E-state index in [4.69, 9.17) is 5.11 Å². The van der Waals surface area contributed by atoms with Crippen molar-refractivity contribution in [1.29, 1.82) is 0 Å². The standard InChI is InChI=1S/C16H27O2.2C12H22/c1-14(15(17)18)10-13-16(2)11-8-6-4-3-5-7-9-12-16;2*1-12(2)10-8-6-4-3-5-7-9-11-12/h10H,2-9,11-13H2,1H3,(H,17,18);2*1-11H2. The van der Waals surface area contributed by atoms with Crippen molar-refractivity contribution in [2.24, 2.45) is 16.2 Å². The molecule has 3 saturated carbocycles. The molecule has 0 aromatic rings. The summed E-state index contributed by atoms with van der Waals surface area (Å²) in [4.78, 5) is 10.8. The van der Waals surface area contributed by atoms with Crippen LogP contribution in [0.1, 0.15) is 187 Å². The Labute approximate surface area is 264 Å². The van der Waals surface area contributed by atoms with Gasteiger partial charge in [0.25, 0.3) is 0 Å². The molecule has 243 valence electrons. The molecule has 0 aromatic heterocycles. The van der Waals surface area contributed by atoms with Gasteiger partial charge in [-0.1, -0.05) is 141 Å². The van der Waals surface area contributed by atoms with Gasteiger partial charge in [0.05, 0.1) is 0 Å². The molecule has 0 aliphatic heterocycles. The maximum atomic E-state index is 10.8. The van der Waals surface area contributed by atoms with Gasteiger partial charge in [-0.25, -0.2) is 4.79 Å². The van der Waals surface area contributed by atoms with Gasteiger partial charge in [0.15, 0.2) is 0 Å². The summed E-state index contributed by atoms with van der Waals surface area (Å²) in [6, 6.07) is 0. The fourth-order valence-corrected chi connectivity index (χ4v) is 6.69. The van der Waals surface area contributed by atoms with Crippen molar-refractivity contribution >= 4 is 5.97 Å². The van der Waals surface area contributed by atoms with Gasteiger partial charge in [-0.3, -0.25) is 0 Å². The SMILES string of the molecule is [CH2]C1(CC=C(C)C(=O)O)CCCCCCCCC1.[CH2]C1([CH2])CCCCCCCCC1.[CH2]C1([CH2])CCCCCCCCC1. The third kappa shape index (κ3) is 21.8. The molecule has 3 fully saturated rings. The van der Waals surface area contributed by atoms with Crippen molar-refractivity contribution in [3.8, 4) is 0 Å². The quantitative estimate of drug-likeness (QED) is 0.335. The van der Waals surface area contributed by atoms with Gasteiger partial charge >= 0.3 is 5.97 Å². The van der Waals surface area contributed by atoms with Crippen LogP contribution < -0.4 is 0 Å². The predicted molar refractivity (Wildman–Crippen MR) is 185 cm³/mol. The van der Waals surface area contributed by atoms with E-state index in [1.165, 1.54) is 161 Å². The Morgan fingerprint density at radius 2 is 0.738 bits per heavy atom. The molecule has 0 aromatic carbocycles. The molecule has 2 nitrogen and oxygen atoms in total. The maximum absolute atomic E-state index is 10.8. The molecular weight excluding hydrogens is 512 g/mol. The molecule has 2 heteroatoms. The predicted octanol–water partition coefficient (Wildman–Crippen LogP) is 13.1. The van der Waals surface area contributed by atoms with Gasteiger partial charge in [-0.05, 0) is 103 Å². The summed E-state index contributed by atoms with van der Waals surface area (Å²) in [5, 5.41) is 8.89. The van der Waals surface area contributed by atoms with Gasteiger partial charge in [-0.15, -0.1) is 0 Å². The second-order valence-electron chi connectivity index (χ2n) is 14.8. The largest absolute Gasteiger partial charge is 0.478 e. The van der Waals surface area contributed by atoms with Crippen molar-refractivity contribution in [1.82, 2.24) is 0 Å². The molecule has 3 aliphatic rings. The third-order valence-corrected chi connectivity index (χ3v) is 9.92. The first kappa shape index (κ1) is 39.2. The Bertz CT molecular complexity index is 636. The number of carbonyl (C=O) groups is 1. The summed E-state index contributed by atoms with van der Waals surface area (Å²) in [5.41, 5.74) is 0.790. The Morgan fingerprint density at radius 1 is 0.500 bits per heavy atom. The molecule has 3 rings (SSSR count). The Morgan fingerprint density at radius 3 is 1.00 bits per heavy atom. The number of allylic oxidation sites excluding steroid dienone is 1. The van der Waals surface area contributed by atoms with Crippen LogP contribution in [0, 0.1) is 50.9 Å².